The first-order valence-electron chi connectivity index (χ1n) is 6.68. The summed E-state index contributed by atoms with van der Waals surface area (Å²) in [6, 6.07) is 8.86. The van der Waals surface area contributed by atoms with Gasteiger partial charge in [0.2, 0.25) is 5.91 Å². The van der Waals surface area contributed by atoms with Crippen molar-refractivity contribution in [3.05, 3.63) is 58.0 Å². The minimum atomic E-state index is -0.273. The molecule has 0 bridgehead atoms. The third-order valence-corrected chi connectivity index (χ3v) is 4.87. The van der Waals surface area contributed by atoms with Crippen molar-refractivity contribution < 1.29 is 9.21 Å². The molecule has 0 aliphatic carbocycles. The molecule has 23 heavy (non-hydrogen) atoms. The second-order valence-electron chi connectivity index (χ2n) is 4.71. The van der Waals surface area contributed by atoms with Gasteiger partial charge in [0.25, 0.3) is 0 Å². The van der Waals surface area contributed by atoms with E-state index in [2.05, 4.69) is 15.5 Å². The number of nitrogens with zero attached hydrogens (tertiary/aromatic N) is 2. The average molecular weight is 368 g/mol. The fraction of sp³-hybridized carbons (Fsp3) is 0.133. The molecule has 1 fully saturated rings. The summed E-state index contributed by atoms with van der Waals surface area (Å²) >= 11 is 13.2. The Morgan fingerprint density at radius 3 is 2.91 bits per heavy atom. The highest BCUT2D eigenvalue weighted by atomic mass is 35.5. The lowest BCUT2D eigenvalue weighted by molar-refractivity contribution is -0.118. The summed E-state index contributed by atoms with van der Waals surface area (Å²) in [6.45, 7) is 0. The molecule has 1 N–H and O–H groups in total. The molecule has 1 unspecified atom stereocenters. The zero-order valence-electron chi connectivity index (χ0n) is 11.7. The van der Waals surface area contributed by atoms with Crippen molar-refractivity contribution in [2.45, 2.75) is 11.7 Å². The summed E-state index contributed by atoms with van der Waals surface area (Å²) in [5, 5.41) is 11.7. The van der Waals surface area contributed by atoms with Crippen molar-refractivity contribution in [1.29, 1.82) is 0 Å². The van der Waals surface area contributed by atoms with E-state index in [4.69, 9.17) is 27.6 Å². The molecule has 8 heteroatoms. The summed E-state index contributed by atoms with van der Waals surface area (Å²) in [7, 11) is 0. The molecule has 1 atom stereocenters. The van der Waals surface area contributed by atoms with Crippen molar-refractivity contribution in [2.75, 3.05) is 0 Å². The monoisotopic (exact) mass is 367 g/mol. The van der Waals surface area contributed by atoms with E-state index in [1.807, 2.05) is 6.07 Å². The predicted octanol–water partition coefficient (Wildman–Crippen LogP) is 3.75. The number of halogens is 2. The minimum absolute atomic E-state index is 0.104. The number of benzene rings is 1. The summed E-state index contributed by atoms with van der Waals surface area (Å²) in [5.41, 5.74) is 0.937. The molecule has 0 spiro atoms. The maximum absolute atomic E-state index is 12.0. The molecule has 118 valence electrons. The Labute approximate surface area is 146 Å². The molecule has 2 heterocycles. The van der Waals surface area contributed by atoms with Gasteiger partial charge in [0, 0.05) is 0 Å². The van der Waals surface area contributed by atoms with Crippen LogP contribution in [0.15, 0.2) is 51.2 Å². The molecule has 3 rings (SSSR count). The zero-order valence-corrected chi connectivity index (χ0v) is 14.0. The maximum atomic E-state index is 12.0. The van der Waals surface area contributed by atoms with E-state index >= 15 is 0 Å². The Morgan fingerprint density at radius 2 is 2.17 bits per heavy atom. The van der Waals surface area contributed by atoms with Crippen LogP contribution in [-0.2, 0) is 11.2 Å². The van der Waals surface area contributed by atoms with Gasteiger partial charge in [-0.15, -0.1) is 5.10 Å². The molecule has 1 aliphatic heterocycles. The first-order valence-corrected chi connectivity index (χ1v) is 8.31. The lowest BCUT2D eigenvalue weighted by Gasteiger charge is -2.06. The number of amidine groups is 1. The quantitative estimate of drug-likeness (QED) is 0.660. The molecule has 1 aromatic heterocycles. The van der Waals surface area contributed by atoms with Gasteiger partial charge in [-0.25, -0.2) is 0 Å². The molecule has 1 aliphatic rings. The molecule has 2 aromatic rings. The summed E-state index contributed by atoms with van der Waals surface area (Å²) in [4.78, 5) is 12.0. The van der Waals surface area contributed by atoms with Gasteiger partial charge in [-0.2, -0.15) is 5.10 Å². The first-order chi connectivity index (χ1) is 11.1. The van der Waals surface area contributed by atoms with E-state index < -0.39 is 0 Å². The largest absolute Gasteiger partial charge is 0.463 e. The van der Waals surface area contributed by atoms with Crippen LogP contribution in [0.5, 0.6) is 0 Å². The Hall–Kier alpha value is -1.76. The maximum Gasteiger partial charge on any atom is 0.239 e. The van der Waals surface area contributed by atoms with Crippen LogP contribution in [-0.4, -0.2) is 22.5 Å². The van der Waals surface area contributed by atoms with Crippen molar-refractivity contribution in [3.8, 4) is 0 Å². The number of rotatable bonds is 4. The normalized spacial score (nSPS) is 19.7. The summed E-state index contributed by atoms with van der Waals surface area (Å²) < 4.78 is 5.10. The van der Waals surface area contributed by atoms with Crippen molar-refractivity contribution in [3.63, 3.8) is 0 Å². The molecule has 1 aromatic carbocycles. The Kier molecular flexibility index (Phi) is 5.05. The van der Waals surface area contributed by atoms with E-state index in [9.17, 15) is 4.79 Å². The molecular formula is C15H11Cl2N3O2S. The number of carbonyl (C=O) groups excluding carboxylic acids is 1. The number of carbonyl (C=O) groups is 1. The van der Waals surface area contributed by atoms with Crippen molar-refractivity contribution in [1.82, 2.24) is 5.32 Å². The molecule has 0 saturated carbocycles. The van der Waals surface area contributed by atoms with Gasteiger partial charge in [-0.1, -0.05) is 41.0 Å². The highest BCUT2D eigenvalue weighted by molar-refractivity contribution is 8.15. The number of amides is 1. The minimum Gasteiger partial charge on any atom is -0.463 e. The van der Waals surface area contributed by atoms with Crippen molar-refractivity contribution >= 4 is 52.3 Å². The molecular weight excluding hydrogens is 357 g/mol. The lowest BCUT2D eigenvalue weighted by Crippen LogP contribution is -2.25. The number of nitrogens with one attached hydrogen (secondary N) is 1. The number of hydrogen-bond donors (Lipinski definition) is 1. The third-order valence-electron chi connectivity index (χ3n) is 3.06. The van der Waals surface area contributed by atoms with E-state index in [0.717, 1.165) is 5.56 Å². The van der Waals surface area contributed by atoms with Crippen LogP contribution in [0.25, 0.3) is 0 Å². The van der Waals surface area contributed by atoms with Gasteiger partial charge >= 0.3 is 0 Å². The fourth-order valence-electron chi connectivity index (χ4n) is 1.97. The summed E-state index contributed by atoms with van der Waals surface area (Å²) in [6.07, 6.45) is 3.56. The van der Waals surface area contributed by atoms with Gasteiger partial charge in [-0.05, 0) is 36.2 Å². The van der Waals surface area contributed by atoms with Crippen LogP contribution in [0.1, 0.15) is 11.3 Å². The lowest BCUT2D eigenvalue weighted by atomic mass is 10.1. The number of furan rings is 1. The predicted molar refractivity (Wildman–Crippen MR) is 93.4 cm³/mol. The van der Waals surface area contributed by atoms with Crippen LogP contribution < -0.4 is 5.32 Å². The van der Waals surface area contributed by atoms with E-state index in [1.54, 1.807) is 30.5 Å². The van der Waals surface area contributed by atoms with Crippen LogP contribution in [0.3, 0.4) is 0 Å². The molecule has 1 saturated heterocycles. The number of hydrogen-bond acceptors (Lipinski definition) is 5. The van der Waals surface area contributed by atoms with Gasteiger partial charge in [-0.3, -0.25) is 4.79 Å². The topological polar surface area (TPSA) is 67.0 Å². The van der Waals surface area contributed by atoms with Gasteiger partial charge in [0.15, 0.2) is 5.17 Å². The van der Waals surface area contributed by atoms with Crippen LogP contribution in [0, 0.1) is 0 Å². The summed E-state index contributed by atoms with van der Waals surface area (Å²) in [5.74, 6) is 0.490. The van der Waals surface area contributed by atoms with Gasteiger partial charge in [0.05, 0.1) is 27.8 Å². The Balaban J connectivity index is 1.64. The first kappa shape index (κ1) is 16.1. The standard InChI is InChI=1S/C15H11Cl2N3O2S/c16-11-4-3-9(6-12(11)17)7-13-14(21)19-15(23-13)20-18-8-10-2-1-5-22-10/h1-6,8,13H,7H2,(H,19,20,21). The second kappa shape index (κ2) is 7.21. The van der Waals surface area contributed by atoms with Crippen LogP contribution in [0.2, 0.25) is 10.0 Å². The Morgan fingerprint density at radius 1 is 1.30 bits per heavy atom. The van der Waals surface area contributed by atoms with E-state index in [-0.39, 0.29) is 11.2 Å². The SMILES string of the molecule is O=C1N/C(=N\N=Cc2ccco2)SC1Cc1ccc(Cl)c(Cl)c1. The molecule has 1 amide bonds. The molecule has 0 radical (unpaired) electrons. The smallest absolute Gasteiger partial charge is 0.239 e. The molecule has 5 nitrogen and oxygen atoms in total. The van der Waals surface area contributed by atoms with Crippen LogP contribution in [0.4, 0.5) is 0 Å². The van der Waals surface area contributed by atoms with Gasteiger partial charge < -0.3 is 9.73 Å². The fourth-order valence-corrected chi connectivity index (χ4v) is 3.26. The zero-order chi connectivity index (χ0) is 16.2. The Bertz CT molecular complexity index is 775. The second-order valence-corrected chi connectivity index (χ2v) is 6.72. The average Bonchev–Trinajstić information content (AvgIpc) is 3.14. The highest BCUT2D eigenvalue weighted by Gasteiger charge is 2.30. The number of thioether (sulfide) groups is 1. The highest BCUT2D eigenvalue weighted by Crippen LogP contribution is 2.27. The van der Waals surface area contributed by atoms with Gasteiger partial charge in [0.1, 0.15) is 5.76 Å². The third kappa shape index (κ3) is 4.16. The van der Waals surface area contributed by atoms with Crippen LogP contribution >= 0.6 is 35.0 Å². The van der Waals surface area contributed by atoms with E-state index in [0.29, 0.717) is 27.4 Å². The van der Waals surface area contributed by atoms with Crippen molar-refractivity contribution in [2.24, 2.45) is 10.2 Å². The van der Waals surface area contributed by atoms with E-state index in [1.165, 1.54) is 18.0 Å².